The molecule has 0 bridgehead atoms. The van der Waals surface area contributed by atoms with Gasteiger partial charge in [-0.05, 0) is 38.2 Å². The van der Waals surface area contributed by atoms with Crippen LogP contribution in [0.2, 0.25) is 0 Å². The van der Waals surface area contributed by atoms with Crippen molar-refractivity contribution in [2.45, 2.75) is 44.2 Å². The summed E-state index contributed by atoms with van der Waals surface area (Å²) in [5.41, 5.74) is 0.172. The van der Waals surface area contributed by atoms with Crippen LogP contribution in [0.1, 0.15) is 31.7 Å². The van der Waals surface area contributed by atoms with Gasteiger partial charge in [-0.2, -0.15) is 4.31 Å². The third kappa shape index (κ3) is 3.82. The second-order valence-electron chi connectivity index (χ2n) is 7.16. The van der Waals surface area contributed by atoms with Gasteiger partial charge in [0.15, 0.2) is 0 Å². The van der Waals surface area contributed by atoms with Gasteiger partial charge >= 0.3 is 0 Å². The number of sulfonamides is 1. The van der Waals surface area contributed by atoms with Gasteiger partial charge in [-0.3, -0.25) is 0 Å². The first-order valence-electron chi connectivity index (χ1n) is 8.74. The van der Waals surface area contributed by atoms with Crippen molar-refractivity contribution < 1.29 is 18.3 Å². The molecule has 1 aromatic carbocycles. The average molecular weight is 353 g/mol. The van der Waals surface area contributed by atoms with Gasteiger partial charge in [0.1, 0.15) is 0 Å². The molecule has 0 aliphatic carbocycles. The van der Waals surface area contributed by atoms with E-state index in [2.05, 4.69) is 0 Å². The highest BCUT2D eigenvalue weighted by molar-refractivity contribution is 7.89. The van der Waals surface area contributed by atoms with Crippen LogP contribution >= 0.6 is 0 Å². The molecule has 1 aromatic rings. The lowest BCUT2D eigenvalue weighted by Crippen LogP contribution is -2.53. The molecule has 2 aliphatic rings. The van der Waals surface area contributed by atoms with Gasteiger partial charge in [0.25, 0.3) is 0 Å². The van der Waals surface area contributed by atoms with Gasteiger partial charge in [0.05, 0.1) is 18.0 Å². The molecule has 0 unspecified atom stereocenters. The number of benzene rings is 1. The molecule has 2 aliphatic heterocycles. The van der Waals surface area contributed by atoms with Crippen LogP contribution in [-0.2, 0) is 21.2 Å². The topological polar surface area (TPSA) is 66.8 Å². The highest BCUT2D eigenvalue weighted by Crippen LogP contribution is 2.37. The first kappa shape index (κ1) is 17.9. The molecule has 24 heavy (non-hydrogen) atoms. The van der Waals surface area contributed by atoms with E-state index < -0.39 is 15.6 Å². The molecule has 5 nitrogen and oxygen atoms in total. The normalized spacial score (nSPS) is 32.1. The average Bonchev–Trinajstić information content (AvgIpc) is 3.04. The molecule has 0 radical (unpaired) electrons. The second kappa shape index (κ2) is 7.12. The molecule has 2 saturated heterocycles. The van der Waals surface area contributed by atoms with Crippen LogP contribution in [0, 0.1) is 5.92 Å². The van der Waals surface area contributed by atoms with Gasteiger partial charge in [-0.1, -0.05) is 30.3 Å². The predicted molar refractivity (Wildman–Crippen MR) is 93.2 cm³/mol. The van der Waals surface area contributed by atoms with Crippen LogP contribution in [0.4, 0.5) is 0 Å². The maximum atomic E-state index is 12.9. The zero-order valence-corrected chi connectivity index (χ0v) is 15.0. The summed E-state index contributed by atoms with van der Waals surface area (Å²) in [7, 11) is -3.34. The van der Waals surface area contributed by atoms with Crippen molar-refractivity contribution in [2.75, 3.05) is 25.5 Å². The highest BCUT2D eigenvalue weighted by Gasteiger charge is 2.47. The number of hydrogen-bond donors (Lipinski definition) is 1. The molecule has 3 rings (SSSR count). The van der Waals surface area contributed by atoms with Crippen molar-refractivity contribution in [3.05, 3.63) is 35.9 Å². The van der Waals surface area contributed by atoms with Crippen molar-refractivity contribution in [3.8, 4) is 0 Å². The molecular weight excluding hydrogens is 326 g/mol. The third-order valence-corrected chi connectivity index (χ3v) is 7.30. The molecule has 0 amide bonds. The summed E-state index contributed by atoms with van der Waals surface area (Å²) in [6.07, 6.45) is 2.73. The minimum Gasteiger partial charge on any atom is -0.390 e. The van der Waals surface area contributed by atoms with E-state index in [0.29, 0.717) is 32.6 Å². The van der Waals surface area contributed by atoms with E-state index in [4.69, 9.17) is 4.74 Å². The van der Waals surface area contributed by atoms with Crippen molar-refractivity contribution in [2.24, 2.45) is 5.92 Å². The van der Waals surface area contributed by atoms with Crippen molar-refractivity contribution in [3.63, 3.8) is 0 Å². The summed E-state index contributed by atoms with van der Waals surface area (Å²) in [6, 6.07) is 9.54. The lowest BCUT2D eigenvalue weighted by atomic mass is 9.80. The van der Waals surface area contributed by atoms with E-state index in [1.807, 2.05) is 37.3 Å². The van der Waals surface area contributed by atoms with Crippen molar-refractivity contribution >= 4 is 10.0 Å². The third-order valence-electron chi connectivity index (χ3n) is 5.41. The standard InChI is InChI=1S/C18H27NO4S/c1-18(20)10-12-23-14-16(18)17-8-5-11-19(17)24(21,22)13-9-15-6-3-2-4-7-15/h2-4,6-7,16-17,20H,5,8-14H2,1H3/t16-,17-,18-/m0/s1. The van der Waals surface area contributed by atoms with Crippen LogP contribution in [-0.4, -0.2) is 55.0 Å². The van der Waals surface area contributed by atoms with Gasteiger partial charge < -0.3 is 9.84 Å². The van der Waals surface area contributed by atoms with Gasteiger partial charge in [-0.15, -0.1) is 0 Å². The number of rotatable bonds is 5. The van der Waals surface area contributed by atoms with Crippen LogP contribution in [0.5, 0.6) is 0 Å². The SMILES string of the molecule is C[C@]1(O)CCOC[C@H]1[C@@H]1CCCN1S(=O)(=O)CCc1ccccc1. The molecule has 0 saturated carbocycles. The summed E-state index contributed by atoms with van der Waals surface area (Å²) in [5.74, 6) is -0.0382. The van der Waals surface area contributed by atoms with Crippen molar-refractivity contribution in [1.82, 2.24) is 4.31 Å². The molecule has 0 spiro atoms. The van der Waals surface area contributed by atoms with E-state index >= 15 is 0 Å². The number of nitrogens with zero attached hydrogens (tertiary/aromatic N) is 1. The molecule has 1 N–H and O–H groups in total. The smallest absolute Gasteiger partial charge is 0.214 e. The zero-order chi connectivity index (χ0) is 17.2. The largest absolute Gasteiger partial charge is 0.390 e. The summed E-state index contributed by atoms with van der Waals surface area (Å²) >= 11 is 0. The molecule has 2 fully saturated rings. The molecule has 134 valence electrons. The number of ether oxygens (including phenoxy) is 1. The minimum absolute atomic E-state index is 0.114. The monoisotopic (exact) mass is 353 g/mol. The lowest BCUT2D eigenvalue weighted by molar-refractivity contribution is -0.116. The van der Waals surface area contributed by atoms with E-state index in [-0.39, 0.29) is 17.7 Å². The van der Waals surface area contributed by atoms with Crippen LogP contribution in [0.25, 0.3) is 0 Å². The fraction of sp³-hybridized carbons (Fsp3) is 0.667. The Kier molecular flexibility index (Phi) is 5.30. The Morgan fingerprint density at radius 1 is 1.33 bits per heavy atom. The lowest BCUT2D eigenvalue weighted by Gasteiger charge is -2.42. The van der Waals surface area contributed by atoms with Crippen LogP contribution in [0.3, 0.4) is 0 Å². The second-order valence-corrected chi connectivity index (χ2v) is 9.20. The molecule has 0 aromatic heterocycles. The van der Waals surface area contributed by atoms with Gasteiger partial charge in [0.2, 0.25) is 10.0 Å². The molecule has 2 heterocycles. The number of aliphatic hydroxyl groups is 1. The quantitative estimate of drug-likeness (QED) is 0.877. The predicted octanol–water partition coefficient (Wildman–Crippen LogP) is 1.81. The Labute approximate surface area is 144 Å². The number of hydrogen-bond acceptors (Lipinski definition) is 4. The summed E-state index contributed by atoms with van der Waals surface area (Å²) in [5, 5.41) is 10.7. The Morgan fingerprint density at radius 3 is 2.79 bits per heavy atom. The Morgan fingerprint density at radius 2 is 2.08 bits per heavy atom. The van der Waals surface area contributed by atoms with E-state index in [9.17, 15) is 13.5 Å². The Balaban J connectivity index is 1.71. The molecular formula is C18H27NO4S. The van der Waals surface area contributed by atoms with Gasteiger partial charge in [0, 0.05) is 25.1 Å². The Hall–Kier alpha value is -0.950. The van der Waals surface area contributed by atoms with E-state index in [1.54, 1.807) is 4.31 Å². The molecule has 6 heteroatoms. The Bertz CT molecular complexity index is 644. The van der Waals surface area contributed by atoms with E-state index in [1.165, 1.54) is 0 Å². The summed E-state index contributed by atoms with van der Waals surface area (Å²) < 4.78 is 32.9. The maximum absolute atomic E-state index is 12.9. The summed E-state index contributed by atoms with van der Waals surface area (Å²) in [6.45, 7) is 3.33. The first-order valence-corrected chi connectivity index (χ1v) is 10.3. The van der Waals surface area contributed by atoms with Gasteiger partial charge in [-0.25, -0.2) is 8.42 Å². The maximum Gasteiger partial charge on any atom is 0.214 e. The fourth-order valence-electron chi connectivity index (χ4n) is 3.90. The number of aryl methyl sites for hydroxylation is 1. The minimum atomic E-state index is -3.34. The van der Waals surface area contributed by atoms with Crippen LogP contribution < -0.4 is 0 Å². The fourth-order valence-corrected chi connectivity index (χ4v) is 5.70. The first-order chi connectivity index (χ1) is 11.4. The van der Waals surface area contributed by atoms with Crippen LogP contribution in [0.15, 0.2) is 30.3 Å². The molecule has 3 atom stereocenters. The summed E-state index contributed by atoms with van der Waals surface area (Å²) in [4.78, 5) is 0. The zero-order valence-electron chi connectivity index (χ0n) is 14.2. The van der Waals surface area contributed by atoms with Crippen molar-refractivity contribution in [1.29, 1.82) is 0 Å². The highest BCUT2D eigenvalue weighted by atomic mass is 32.2. The van der Waals surface area contributed by atoms with E-state index in [0.717, 1.165) is 18.4 Å².